The van der Waals surface area contributed by atoms with E-state index in [1.165, 1.54) is 18.2 Å². The van der Waals surface area contributed by atoms with Crippen molar-refractivity contribution >= 4 is 22.8 Å². The lowest BCUT2D eigenvalue weighted by Crippen LogP contribution is -2.33. The lowest BCUT2D eigenvalue weighted by Gasteiger charge is -2.09. The summed E-state index contributed by atoms with van der Waals surface area (Å²) < 4.78 is 10.9. The molecule has 0 saturated carbocycles. The number of benzene rings is 2. The molecule has 3 rings (SSSR count). The number of carboxylic acid groups (broad SMARTS) is 1. The molecule has 1 heterocycles. The number of carboxylic acids is 1. The number of hydrogen-bond donors (Lipinski definition) is 2. The highest BCUT2D eigenvalue weighted by Gasteiger charge is 2.15. The topological polar surface area (TPSA) is 106 Å². The van der Waals surface area contributed by atoms with Crippen LogP contribution < -0.4 is 15.7 Å². The Kier molecular flexibility index (Phi) is 5.44. The van der Waals surface area contributed by atoms with Crippen molar-refractivity contribution in [2.75, 3.05) is 0 Å². The Bertz CT molecular complexity index is 1100. The summed E-state index contributed by atoms with van der Waals surface area (Å²) in [7, 11) is 0. The van der Waals surface area contributed by atoms with Crippen LogP contribution in [0.25, 0.3) is 11.0 Å². The van der Waals surface area contributed by atoms with Gasteiger partial charge in [0.1, 0.15) is 23.5 Å². The van der Waals surface area contributed by atoms with Crippen molar-refractivity contribution in [3.63, 3.8) is 0 Å². The molecule has 2 N–H and O–H groups in total. The Balaban J connectivity index is 1.81. The summed E-state index contributed by atoms with van der Waals surface area (Å²) in [5.41, 5.74) is 0.389. The monoisotopic (exact) mass is 381 g/mol. The first-order chi connectivity index (χ1) is 13.3. The Morgan fingerprint density at radius 3 is 2.64 bits per heavy atom. The molecule has 28 heavy (non-hydrogen) atoms. The normalized spacial score (nSPS) is 10.8. The highest BCUT2D eigenvalue weighted by Crippen LogP contribution is 2.21. The van der Waals surface area contributed by atoms with E-state index in [2.05, 4.69) is 5.32 Å². The van der Waals surface area contributed by atoms with Gasteiger partial charge in [0.2, 0.25) is 0 Å². The number of fused-ring (bicyclic) bond motifs is 1. The van der Waals surface area contributed by atoms with Crippen LogP contribution in [-0.4, -0.2) is 23.0 Å². The zero-order chi connectivity index (χ0) is 20.3. The van der Waals surface area contributed by atoms with E-state index in [1.807, 2.05) is 0 Å². The zero-order valence-electron chi connectivity index (χ0n) is 15.4. The summed E-state index contributed by atoms with van der Waals surface area (Å²) >= 11 is 0. The predicted octanol–water partition coefficient (Wildman–Crippen LogP) is 3.21. The van der Waals surface area contributed by atoms with E-state index in [-0.39, 0.29) is 23.8 Å². The summed E-state index contributed by atoms with van der Waals surface area (Å²) in [6.07, 6.45) is 0. The van der Waals surface area contributed by atoms with Gasteiger partial charge in [-0.2, -0.15) is 0 Å². The van der Waals surface area contributed by atoms with Crippen molar-refractivity contribution in [1.82, 2.24) is 5.32 Å². The molecule has 1 aromatic heterocycles. The van der Waals surface area contributed by atoms with Crippen LogP contribution in [0.15, 0.2) is 57.7 Å². The summed E-state index contributed by atoms with van der Waals surface area (Å²) in [4.78, 5) is 35.2. The molecule has 0 atom stereocenters. The van der Waals surface area contributed by atoms with Crippen LogP contribution in [0.3, 0.4) is 0 Å². The number of ether oxygens (including phenoxy) is 1. The minimum Gasteiger partial charge on any atom is -0.489 e. The quantitative estimate of drug-likeness (QED) is 0.635. The number of amides is 1. The maximum Gasteiger partial charge on any atom is 0.349 e. The second kappa shape index (κ2) is 7.96. The molecule has 1 amide bonds. The molecule has 0 aliphatic rings. The van der Waals surface area contributed by atoms with Gasteiger partial charge < -0.3 is 19.6 Å². The Hall–Kier alpha value is -3.61. The van der Waals surface area contributed by atoms with E-state index in [4.69, 9.17) is 14.3 Å². The van der Waals surface area contributed by atoms with E-state index in [0.29, 0.717) is 22.3 Å². The number of nitrogens with one attached hydrogen (secondary N) is 1. The molecule has 3 aromatic rings. The summed E-state index contributed by atoms with van der Waals surface area (Å²) in [5, 5.41) is 12.3. The van der Waals surface area contributed by atoms with Crippen LogP contribution in [-0.2, 0) is 6.61 Å². The van der Waals surface area contributed by atoms with Gasteiger partial charge in [-0.05, 0) is 49.7 Å². The lowest BCUT2D eigenvalue weighted by atomic mass is 10.1. The molecule has 7 nitrogen and oxygen atoms in total. The first-order valence-corrected chi connectivity index (χ1v) is 8.67. The second-order valence-corrected chi connectivity index (χ2v) is 6.57. The predicted molar refractivity (Wildman–Crippen MR) is 103 cm³/mol. The van der Waals surface area contributed by atoms with Gasteiger partial charge in [0.25, 0.3) is 5.91 Å². The van der Waals surface area contributed by atoms with Gasteiger partial charge in [-0.25, -0.2) is 9.59 Å². The smallest absolute Gasteiger partial charge is 0.349 e. The molecule has 0 aliphatic carbocycles. The van der Waals surface area contributed by atoms with E-state index < -0.39 is 17.5 Å². The minimum absolute atomic E-state index is 0.0552. The Labute approximate surface area is 160 Å². The van der Waals surface area contributed by atoms with Crippen molar-refractivity contribution in [3.8, 4) is 5.75 Å². The Morgan fingerprint density at radius 2 is 1.93 bits per heavy atom. The molecule has 0 saturated heterocycles. The molecule has 0 radical (unpaired) electrons. The molecule has 144 valence electrons. The number of aromatic carboxylic acids is 1. The fourth-order valence-corrected chi connectivity index (χ4v) is 2.64. The number of hydrogen-bond acceptors (Lipinski definition) is 5. The average Bonchev–Trinajstić information content (AvgIpc) is 2.65. The fraction of sp³-hybridized carbons (Fsp3) is 0.190. The number of rotatable bonds is 6. The van der Waals surface area contributed by atoms with Crippen LogP contribution >= 0.6 is 0 Å². The van der Waals surface area contributed by atoms with Crippen LogP contribution in [0.4, 0.5) is 0 Å². The molecular weight excluding hydrogens is 362 g/mol. The van der Waals surface area contributed by atoms with Gasteiger partial charge in [-0.15, -0.1) is 0 Å². The third kappa shape index (κ3) is 4.37. The van der Waals surface area contributed by atoms with E-state index >= 15 is 0 Å². The number of carbonyl (C=O) groups is 2. The molecule has 0 unspecified atom stereocenters. The van der Waals surface area contributed by atoms with Crippen molar-refractivity contribution in [3.05, 3.63) is 75.6 Å². The van der Waals surface area contributed by atoms with E-state index in [0.717, 1.165) is 0 Å². The van der Waals surface area contributed by atoms with Crippen molar-refractivity contribution in [1.29, 1.82) is 0 Å². The van der Waals surface area contributed by atoms with E-state index in [9.17, 15) is 14.4 Å². The van der Waals surface area contributed by atoms with Crippen LogP contribution in [0.1, 0.15) is 40.1 Å². The van der Waals surface area contributed by atoms with Gasteiger partial charge in [-0.3, -0.25) is 4.79 Å². The van der Waals surface area contributed by atoms with Gasteiger partial charge in [0.15, 0.2) is 0 Å². The van der Waals surface area contributed by atoms with E-state index in [1.54, 1.807) is 44.2 Å². The second-order valence-electron chi connectivity index (χ2n) is 6.57. The summed E-state index contributed by atoms with van der Waals surface area (Å²) in [6.45, 7) is 3.76. The minimum atomic E-state index is -1.01. The van der Waals surface area contributed by atoms with Crippen LogP contribution in [0.5, 0.6) is 5.75 Å². The third-order valence-electron chi connectivity index (χ3n) is 3.95. The average molecular weight is 381 g/mol. The largest absolute Gasteiger partial charge is 0.489 e. The summed E-state index contributed by atoms with van der Waals surface area (Å²) in [5.74, 6) is -1.04. The van der Waals surface area contributed by atoms with Gasteiger partial charge in [-0.1, -0.05) is 12.1 Å². The highest BCUT2D eigenvalue weighted by molar-refractivity contribution is 5.96. The zero-order valence-corrected chi connectivity index (χ0v) is 15.4. The van der Waals surface area contributed by atoms with Crippen molar-refractivity contribution in [2.24, 2.45) is 0 Å². The molecule has 0 spiro atoms. The SMILES string of the molecule is CC(C)NC(=O)c1cc2ccc(OCc3cccc(C(=O)O)c3)cc2oc1=O. The summed E-state index contributed by atoms with van der Waals surface area (Å²) in [6, 6.07) is 12.8. The maximum absolute atomic E-state index is 12.1. The highest BCUT2D eigenvalue weighted by atomic mass is 16.5. The molecular formula is C21H19NO6. The molecule has 0 aliphatic heterocycles. The molecule has 0 fully saturated rings. The first kappa shape index (κ1) is 19.2. The van der Waals surface area contributed by atoms with Gasteiger partial charge in [0, 0.05) is 17.5 Å². The maximum atomic E-state index is 12.1. The third-order valence-corrected chi connectivity index (χ3v) is 3.95. The van der Waals surface area contributed by atoms with Gasteiger partial charge >= 0.3 is 11.6 Å². The standard InChI is InChI=1S/C21H19NO6/c1-12(2)22-19(23)17-9-14-6-7-16(10-18(14)28-21(17)26)27-11-13-4-3-5-15(8-13)20(24)25/h3-10,12H,11H2,1-2H3,(H,22,23)(H,24,25). The molecule has 0 bridgehead atoms. The van der Waals surface area contributed by atoms with Crippen molar-refractivity contribution in [2.45, 2.75) is 26.5 Å². The van der Waals surface area contributed by atoms with Gasteiger partial charge in [0.05, 0.1) is 5.56 Å². The fourth-order valence-electron chi connectivity index (χ4n) is 2.64. The lowest BCUT2D eigenvalue weighted by molar-refractivity contribution is 0.0696. The Morgan fingerprint density at radius 1 is 1.14 bits per heavy atom. The first-order valence-electron chi connectivity index (χ1n) is 8.67. The van der Waals surface area contributed by atoms with Crippen LogP contribution in [0.2, 0.25) is 0 Å². The number of carbonyl (C=O) groups excluding carboxylic acids is 1. The van der Waals surface area contributed by atoms with Crippen molar-refractivity contribution < 1.29 is 23.8 Å². The van der Waals surface area contributed by atoms with Crippen LogP contribution in [0, 0.1) is 0 Å². The molecule has 2 aromatic carbocycles. The molecule has 7 heteroatoms.